The van der Waals surface area contributed by atoms with E-state index in [0.29, 0.717) is 12.2 Å². The lowest BCUT2D eigenvalue weighted by Gasteiger charge is -2.40. The summed E-state index contributed by atoms with van der Waals surface area (Å²) >= 11 is 0. The fourth-order valence-corrected chi connectivity index (χ4v) is 3.31. The van der Waals surface area contributed by atoms with Crippen LogP contribution >= 0.6 is 0 Å². The zero-order chi connectivity index (χ0) is 24.2. The first-order valence-electron chi connectivity index (χ1n) is 9.85. The number of nitrogens with zero attached hydrogens (tertiary/aromatic N) is 7. The Morgan fingerprint density at radius 3 is 2.33 bits per heavy atom. The summed E-state index contributed by atoms with van der Waals surface area (Å²) in [5, 5.41) is 11.3. The van der Waals surface area contributed by atoms with Gasteiger partial charge in [-0.25, -0.2) is 9.78 Å². The van der Waals surface area contributed by atoms with Crippen molar-refractivity contribution >= 4 is 17.6 Å². The molecule has 10 nitrogen and oxygen atoms in total. The van der Waals surface area contributed by atoms with Crippen molar-refractivity contribution in [2.24, 2.45) is 7.05 Å². The number of amides is 1. The third-order valence-corrected chi connectivity index (χ3v) is 4.95. The molecular weight excluding hydrogens is 443 g/mol. The van der Waals surface area contributed by atoms with Crippen molar-refractivity contribution in [1.82, 2.24) is 29.2 Å². The maximum Gasteiger partial charge on any atom is 0.490 e. The molecule has 176 valence electrons. The van der Waals surface area contributed by atoms with Crippen molar-refractivity contribution in [3.8, 4) is 5.69 Å². The quantitative estimate of drug-likeness (QED) is 0.630. The molecule has 0 spiro atoms. The highest BCUT2D eigenvalue weighted by molar-refractivity contribution is 5.92. The lowest BCUT2D eigenvalue weighted by molar-refractivity contribution is -0.192. The van der Waals surface area contributed by atoms with Gasteiger partial charge < -0.3 is 19.5 Å². The molecule has 1 saturated heterocycles. The van der Waals surface area contributed by atoms with E-state index in [2.05, 4.69) is 26.9 Å². The summed E-state index contributed by atoms with van der Waals surface area (Å²) in [7, 11) is 1.86. The largest absolute Gasteiger partial charge is 0.490 e. The fraction of sp³-hybridized carbons (Fsp3) is 0.350. The zero-order valence-electron chi connectivity index (χ0n) is 17.8. The second kappa shape index (κ2) is 9.71. The second-order valence-electron chi connectivity index (χ2n) is 7.34. The van der Waals surface area contributed by atoms with E-state index in [1.165, 1.54) is 0 Å². The van der Waals surface area contributed by atoms with Gasteiger partial charge >= 0.3 is 12.1 Å². The van der Waals surface area contributed by atoms with Crippen LogP contribution in [-0.2, 0) is 11.8 Å². The summed E-state index contributed by atoms with van der Waals surface area (Å²) < 4.78 is 35.3. The number of carboxylic acid groups (broad SMARTS) is 1. The molecule has 1 aliphatic rings. The van der Waals surface area contributed by atoms with E-state index < -0.39 is 12.1 Å². The molecule has 0 saturated carbocycles. The third kappa shape index (κ3) is 5.87. The van der Waals surface area contributed by atoms with Crippen LogP contribution in [0.4, 0.5) is 18.9 Å². The number of aliphatic carboxylic acids is 1. The van der Waals surface area contributed by atoms with Gasteiger partial charge in [0.15, 0.2) is 0 Å². The Bertz CT molecular complexity index is 1100. The Balaban J connectivity index is 0.000000383. The fourth-order valence-electron chi connectivity index (χ4n) is 3.31. The van der Waals surface area contributed by atoms with Crippen molar-refractivity contribution in [3.63, 3.8) is 0 Å². The van der Waals surface area contributed by atoms with Gasteiger partial charge in [0.1, 0.15) is 12.0 Å². The molecule has 4 heterocycles. The number of aryl methyl sites for hydroxylation is 1. The van der Waals surface area contributed by atoms with Crippen molar-refractivity contribution in [3.05, 3.63) is 55.1 Å². The Kier molecular flexibility index (Phi) is 6.99. The van der Waals surface area contributed by atoms with Crippen LogP contribution in [0.3, 0.4) is 0 Å². The molecule has 1 atom stereocenters. The smallest absolute Gasteiger partial charge is 0.475 e. The normalized spacial score (nSPS) is 16.2. The van der Waals surface area contributed by atoms with Gasteiger partial charge in [-0.1, -0.05) is 0 Å². The SMILES string of the molecule is CC1CN(c2ccncc2)CCN1C(=O)c1cn(-c2cnn(C)c2)cn1.O=C(O)C(F)(F)F. The van der Waals surface area contributed by atoms with Crippen molar-refractivity contribution in [2.45, 2.75) is 19.1 Å². The highest BCUT2D eigenvalue weighted by atomic mass is 19.4. The Morgan fingerprint density at radius 1 is 1.12 bits per heavy atom. The minimum absolute atomic E-state index is 0.0329. The number of carbonyl (C=O) groups is 2. The molecule has 1 amide bonds. The molecule has 0 aromatic carbocycles. The minimum Gasteiger partial charge on any atom is -0.475 e. The maximum absolute atomic E-state index is 12.9. The van der Waals surface area contributed by atoms with Gasteiger partial charge in [-0.15, -0.1) is 0 Å². The first kappa shape index (κ1) is 23.8. The lowest BCUT2D eigenvalue weighted by atomic mass is 10.1. The van der Waals surface area contributed by atoms with E-state index in [1.807, 2.05) is 34.8 Å². The molecular formula is C20H22F3N7O3. The summed E-state index contributed by atoms with van der Waals surface area (Å²) in [6.45, 7) is 4.33. The van der Waals surface area contributed by atoms with E-state index in [4.69, 9.17) is 9.90 Å². The van der Waals surface area contributed by atoms with E-state index in [1.54, 1.807) is 35.8 Å². The van der Waals surface area contributed by atoms with Gasteiger partial charge in [-0.05, 0) is 19.1 Å². The molecule has 33 heavy (non-hydrogen) atoms. The monoisotopic (exact) mass is 465 g/mol. The van der Waals surface area contributed by atoms with Gasteiger partial charge in [0.25, 0.3) is 5.91 Å². The molecule has 3 aromatic heterocycles. The first-order chi connectivity index (χ1) is 15.6. The number of hydrogen-bond donors (Lipinski definition) is 1. The number of anilines is 1. The number of pyridine rings is 1. The lowest BCUT2D eigenvalue weighted by Crippen LogP contribution is -2.54. The number of halogens is 3. The second-order valence-corrected chi connectivity index (χ2v) is 7.34. The van der Waals surface area contributed by atoms with Crippen LogP contribution in [0, 0.1) is 0 Å². The molecule has 1 aliphatic heterocycles. The highest BCUT2D eigenvalue weighted by Crippen LogP contribution is 2.20. The van der Waals surface area contributed by atoms with Gasteiger partial charge in [-0.2, -0.15) is 18.3 Å². The van der Waals surface area contributed by atoms with Crippen molar-refractivity contribution in [1.29, 1.82) is 0 Å². The molecule has 3 aromatic rings. The van der Waals surface area contributed by atoms with Crippen LogP contribution in [0.1, 0.15) is 17.4 Å². The maximum atomic E-state index is 12.9. The third-order valence-electron chi connectivity index (χ3n) is 4.95. The standard InChI is InChI=1S/C18H21N7O.C2HF3O2/c1-14-10-23(15-3-5-19-6-4-15)7-8-25(14)18(26)17-12-24(13-20-17)16-9-21-22(2)11-16;3-2(4,5)1(6)7/h3-6,9,11-14H,7-8,10H2,1-2H3;(H,6,7). The van der Waals surface area contributed by atoms with E-state index in [9.17, 15) is 18.0 Å². The number of piperazine rings is 1. The predicted octanol–water partition coefficient (Wildman–Crippen LogP) is 1.98. The predicted molar refractivity (Wildman–Crippen MR) is 111 cm³/mol. The molecule has 1 N–H and O–H groups in total. The Labute approximate surface area is 186 Å². The van der Waals surface area contributed by atoms with Gasteiger partial charge in [0.05, 0.1) is 11.9 Å². The molecule has 1 unspecified atom stereocenters. The van der Waals surface area contributed by atoms with Gasteiger partial charge in [0, 0.05) is 63.2 Å². The van der Waals surface area contributed by atoms with Crippen LogP contribution in [0.2, 0.25) is 0 Å². The summed E-state index contributed by atoms with van der Waals surface area (Å²) in [4.78, 5) is 34.3. The molecule has 0 bridgehead atoms. The number of imidazole rings is 1. The number of hydrogen-bond acceptors (Lipinski definition) is 6. The Morgan fingerprint density at radius 2 is 1.79 bits per heavy atom. The van der Waals surface area contributed by atoms with Crippen LogP contribution in [-0.4, -0.2) is 78.1 Å². The number of alkyl halides is 3. The summed E-state index contributed by atoms with van der Waals surface area (Å²) in [5.41, 5.74) is 2.48. The summed E-state index contributed by atoms with van der Waals surface area (Å²) in [6, 6.07) is 4.10. The van der Waals surface area contributed by atoms with Gasteiger partial charge in [-0.3, -0.25) is 14.5 Å². The average Bonchev–Trinajstić information content (AvgIpc) is 3.43. The number of aromatic nitrogens is 5. The van der Waals surface area contributed by atoms with Crippen LogP contribution in [0.25, 0.3) is 5.69 Å². The molecule has 1 fully saturated rings. The highest BCUT2D eigenvalue weighted by Gasteiger charge is 2.38. The molecule has 0 radical (unpaired) electrons. The van der Waals surface area contributed by atoms with Crippen molar-refractivity contribution in [2.75, 3.05) is 24.5 Å². The number of carboxylic acids is 1. The van der Waals surface area contributed by atoms with E-state index in [0.717, 1.165) is 24.5 Å². The number of rotatable bonds is 3. The summed E-state index contributed by atoms with van der Waals surface area (Å²) in [6.07, 6.45) is 5.55. The van der Waals surface area contributed by atoms with Crippen LogP contribution in [0.15, 0.2) is 49.4 Å². The molecule has 13 heteroatoms. The first-order valence-corrected chi connectivity index (χ1v) is 9.85. The van der Waals surface area contributed by atoms with Gasteiger partial charge in [0.2, 0.25) is 0 Å². The van der Waals surface area contributed by atoms with Crippen LogP contribution < -0.4 is 4.90 Å². The van der Waals surface area contributed by atoms with Crippen molar-refractivity contribution < 1.29 is 27.9 Å². The topological polar surface area (TPSA) is 109 Å². The van der Waals surface area contributed by atoms with Crippen LogP contribution in [0.5, 0.6) is 0 Å². The number of carbonyl (C=O) groups excluding carboxylic acids is 1. The zero-order valence-corrected chi connectivity index (χ0v) is 17.8. The Hall–Kier alpha value is -3.90. The molecule has 0 aliphatic carbocycles. The van der Waals surface area contributed by atoms with E-state index in [-0.39, 0.29) is 11.9 Å². The molecule has 4 rings (SSSR count). The van der Waals surface area contributed by atoms with E-state index >= 15 is 0 Å². The summed E-state index contributed by atoms with van der Waals surface area (Å²) in [5.74, 6) is -2.79. The minimum atomic E-state index is -5.08. The average molecular weight is 465 g/mol.